The second-order valence-corrected chi connectivity index (χ2v) is 14.9. The monoisotopic (exact) mass is 688 g/mol. The molecule has 2 aliphatic rings. The van der Waals surface area contributed by atoms with E-state index in [0.717, 1.165) is 44.1 Å². The maximum atomic E-state index is 14.4. The number of ether oxygens (including phenoxy) is 2. The molecule has 0 unspecified atom stereocenters. The first-order valence-corrected chi connectivity index (χ1v) is 18.1. The SMILES string of the molecule is C[C@@H](C(=O)N[C@H](C(=O)N1CCC[C@H]1c1nc(C(=O)c2ccccc2OCc2ccccc2)cs1)C1CCCCC1)N(C)C(=O)OC(C)(C)C. The van der Waals surface area contributed by atoms with Gasteiger partial charge in [-0.25, -0.2) is 9.78 Å². The molecule has 3 aromatic rings. The van der Waals surface area contributed by atoms with E-state index in [-0.39, 0.29) is 23.7 Å². The molecular formula is C38H48N4O6S. The summed E-state index contributed by atoms with van der Waals surface area (Å²) in [6.07, 6.45) is 5.68. The summed E-state index contributed by atoms with van der Waals surface area (Å²) in [5.74, 6) is -0.300. The number of carbonyl (C=O) groups excluding carboxylic acids is 4. The van der Waals surface area contributed by atoms with Crippen LogP contribution in [0.4, 0.5) is 4.79 Å². The Morgan fingerprint density at radius 2 is 1.67 bits per heavy atom. The lowest BCUT2D eigenvalue weighted by molar-refractivity contribution is -0.140. The molecule has 1 aliphatic heterocycles. The molecule has 0 spiro atoms. The number of benzene rings is 2. The maximum absolute atomic E-state index is 14.4. The van der Waals surface area contributed by atoms with Gasteiger partial charge >= 0.3 is 6.09 Å². The van der Waals surface area contributed by atoms with Gasteiger partial charge in [-0.2, -0.15) is 0 Å². The number of nitrogens with zero attached hydrogens (tertiary/aromatic N) is 3. The van der Waals surface area contributed by atoms with Gasteiger partial charge in [0.15, 0.2) is 0 Å². The molecule has 5 rings (SSSR count). The molecule has 3 amide bonds. The zero-order valence-electron chi connectivity index (χ0n) is 29.1. The fourth-order valence-electron chi connectivity index (χ4n) is 6.45. The van der Waals surface area contributed by atoms with Crippen molar-refractivity contribution < 1.29 is 28.7 Å². The van der Waals surface area contributed by atoms with Crippen LogP contribution in [0.15, 0.2) is 60.0 Å². The van der Waals surface area contributed by atoms with E-state index in [1.807, 2.05) is 41.3 Å². The fourth-order valence-corrected chi connectivity index (χ4v) is 7.40. The molecule has 0 radical (unpaired) electrons. The Labute approximate surface area is 293 Å². The maximum Gasteiger partial charge on any atom is 0.410 e. The minimum atomic E-state index is -0.838. The molecule has 2 aromatic carbocycles. The lowest BCUT2D eigenvalue weighted by Gasteiger charge is -2.36. The number of ketones is 1. The van der Waals surface area contributed by atoms with E-state index < -0.39 is 29.7 Å². The van der Waals surface area contributed by atoms with Crippen molar-refractivity contribution in [3.05, 3.63) is 81.8 Å². The Kier molecular flexibility index (Phi) is 11.7. The number of rotatable bonds is 11. The topological polar surface area (TPSA) is 118 Å². The van der Waals surface area contributed by atoms with Gasteiger partial charge in [0, 0.05) is 19.0 Å². The van der Waals surface area contributed by atoms with Crippen molar-refractivity contribution in [2.45, 2.75) is 103 Å². The van der Waals surface area contributed by atoms with Crippen LogP contribution in [-0.4, -0.2) is 69.8 Å². The number of nitrogens with one attached hydrogen (secondary N) is 1. The van der Waals surface area contributed by atoms with Crippen molar-refractivity contribution in [2.24, 2.45) is 5.92 Å². The van der Waals surface area contributed by atoms with E-state index in [1.54, 1.807) is 51.3 Å². The first-order chi connectivity index (χ1) is 23.4. The second-order valence-electron chi connectivity index (χ2n) is 14.0. The molecule has 2 fully saturated rings. The first-order valence-electron chi connectivity index (χ1n) is 17.3. The van der Waals surface area contributed by atoms with Crippen LogP contribution in [0.25, 0.3) is 0 Å². The normalized spacial score (nSPS) is 18.0. The van der Waals surface area contributed by atoms with E-state index in [1.165, 1.54) is 23.3 Å². The zero-order valence-corrected chi connectivity index (χ0v) is 30.0. The van der Waals surface area contributed by atoms with Gasteiger partial charge in [0.25, 0.3) is 0 Å². The van der Waals surface area contributed by atoms with Crippen LogP contribution < -0.4 is 10.1 Å². The van der Waals surface area contributed by atoms with Crippen molar-refractivity contribution in [3.8, 4) is 5.75 Å². The lowest BCUT2D eigenvalue weighted by Crippen LogP contribution is -2.56. The van der Waals surface area contributed by atoms with Gasteiger partial charge in [0.2, 0.25) is 17.6 Å². The quantitative estimate of drug-likeness (QED) is 0.217. The molecule has 1 aliphatic carbocycles. The average Bonchev–Trinajstić information content (AvgIpc) is 3.79. The number of aromatic nitrogens is 1. The standard InChI is InChI=1S/C38H48N4O6S/c1-25(41(5)37(46)48-38(2,3)4)34(44)40-32(27-17-10-7-11-18-27)36(45)42-22-14-20-30(42)35-39-29(24-49-35)33(43)28-19-12-13-21-31(28)47-23-26-15-8-6-9-16-26/h6,8-9,12-13,15-16,19,21,24-25,27,30,32H,7,10-11,14,17-18,20,22-23H2,1-5H3,(H,40,44)/t25-,30-,32-/m0/s1. The number of likely N-dealkylation sites (tertiary alicyclic amines) is 1. The highest BCUT2D eigenvalue weighted by molar-refractivity contribution is 7.10. The number of para-hydroxylation sites is 1. The van der Waals surface area contributed by atoms with E-state index >= 15 is 0 Å². The number of hydrogen-bond acceptors (Lipinski definition) is 8. The molecule has 1 aromatic heterocycles. The second kappa shape index (κ2) is 16.0. The number of carbonyl (C=O) groups is 4. The molecule has 11 heteroatoms. The van der Waals surface area contributed by atoms with E-state index in [4.69, 9.17) is 14.5 Å². The smallest absolute Gasteiger partial charge is 0.410 e. The summed E-state index contributed by atoms with van der Waals surface area (Å²) in [6, 6.07) is 15.1. The zero-order chi connectivity index (χ0) is 35.1. The van der Waals surface area contributed by atoms with Gasteiger partial charge < -0.3 is 19.7 Å². The summed E-state index contributed by atoms with van der Waals surface area (Å²) in [7, 11) is 1.53. The van der Waals surface area contributed by atoms with Crippen molar-refractivity contribution in [3.63, 3.8) is 0 Å². The third kappa shape index (κ3) is 9.06. The van der Waals surface area contributed by atoms with Gasteiger partial charge in [0.1, 0.15) is 40.7 Å². The molecule has 1 saturated heterocycles. The van der Waals surface area contributed by atoms with Crippen LogP contribution in [0.5, 0.6) is 5.75 Å². The van der Waals surface area contributed by atoms with Crippen molar-refractivity contribution >= 4 is 35.0 Å². The summed E-state index contributed by atoms with van der Waals surface area (Å²) < 4.78 is 11.5. The molecule has 2 heterocycles. The molecule has 1 saturated carbocycles. The van der Waals surface area contributed by atoms with Gasteiger partial charge in [0.05, 0.1) is 11.6 Å². The van der Waals surface area contributed by atoms with Crippen LogP contribution in [0.3, 0.4) is 0 Å². The van der Waals surface area contributed by atoms with Gasteiger partial charge in [-0.05, 0) is 77.0 Å². The van der Waals surface area contributed by atoms with E-state index in [0.29, 0.717) is 41.6 Å². The Hall–Kier alpha value is -4.25. The Morgan fingerprint density at radius 3 is 2.39 bits per heavy atom. The summed E-state index contributed by atoms with van der Waals surface area (Å²) >= 11 is 1.37. The molecule has 49 heavy (non-hydrogen) atoms. The Balaban J connectivity index is 1.31. The van der Waals surface area contributed by atoms with Crippen molar-refractivity contribution in [1.29, 1.82) is 0 Å². The number of amides is 3. The Morgan fingerprint density at radius 1 is 0.980 bits per heavy atom. The molecule has 10 nitrogen and oxygen atoms in total. The lowest BCUT2D eigenvalue weighted by atomic mass is 9.83. The third-order valence-electron chi connectivity index (χ3n) is 9.27. The summed E-state index contributed by atoms with van der Waals surface area (Å²) in [4.78, 5) is 62.2. The summed E-state index contributed by atoms with van der Waals surface area (Å²) in [5.41, 5.74) is 1.04. The van der Waals surface area contributed by atoms with E-state index in [9.17, 15) is 19.2 Å². The largest absolute Gasteiger partial charge is 0.488 e. The number of thiazole rings is 1. The average molecular weight is 689 g/mol. The predicted octanol–water partition coefficient (Wildman–Crippen LogP) is 6.94. The molecule has 1 N–H and O–H groups in total. The van der Waals surface area contributed by atoms with Crippen LogP contribution in [-0.2, 0) is 20.9 Å². The van der Waals surface area contributed by atoms with Crippen molar-refractivity contribution in [1.82, 2.24) is 20.1 Å². The third-order valence-corrected chi connectivity index (χ3v) is 10.2. The molecule has 0 bridgehead atoms. The van der Waals surface area contributed by atoms with Crippen LogP contribution in [0, 0.1) is 5.92 Å². The minimum absolute atomic E-state index is 0.00805. The predicted molar refractivity (Wildman–Crippen MR) is 188 cm³/mol. The first kappa shape index (κ1) is 36.0. The van der Waals surface area contributed by atoms with Gasteiger partial charge in [-0.15, -0.1) is 11.3 Å². The minimum Gasteiger partial charge on any atom is -0.488 e. The highest BCUT2D eigenvalue weighted by atomic mass is 32.1. The fraction of sp³-hybridized carbons (Fsp3) is 0.500. The van der Waals surface area contributed by atoms with Crippen molar-refractivity contribution in [2.75, 3.05) is 13.6 Å². The number of likely N-dealkylation sites (N-methyl/N-ethyl adjacent to an activating group) is 1. The molecular weight excluding hydrogens is 641 g/mol. The van der Waals surface area contributed by atoms with Crippen LogP contribution in [0.2, 0.25) is 0 Å². The number of hydrogen-bond donors (Lipinski definition) is 1. The highest BCUT2D eigenvalue weighted by Crippen LogP contribution is 2.37. The molecule has 262 valence electrons. The van der Waals surface area contributed by atoms with E-state index in [2.05, 4.69) is 5.32 Å². The van der Waals surface area contributed by atoms with Gasteiger partial charge in [-0.1, -0.05) is 61.7 Å². The Bertz CT molecular complexity index is 1610. The molecule has 3 atom stereocenters. The van der Waals surface area contributed by atoms with Gasteiger partial charge in [-0.3, -0.25) is 19.3 Å². The summed E-state index contributed by atoms with van der Waals surface area (Å²) in [5, 5.41) is 5.49. The van der Waals surface area contributed by atoms with Crippen LogP contribution in [0.1, 0.15) is 105 Å². The summed E-state index contributed by atoms with van der Waals surface area (Å²) in [6.45, 7) is 7.83. The highest BCUT2D eigenvalue weighted by Gasteiger charge is 2.41. The van der Waals surface area contributed by atoms with Crippen LogP contribution >= 0.6 is 11.3 Å².